The molecule has 1 aliphatic heterocycles. The summed E-state index contributed by atoms with van der Waals surface area (Å²) >= 11 is 5.96. The number of aliphatic hydroxyl groups is 1. The van der Waals surface area contributed by atoms with Gasteiger partial charge in [-0.2, -0.15) is 0 Å². The van der Waals surface area contributed by atoms with Gasteiger partial charge in [0.2, 0.25) is 5.91 Å². The van der Waals surface area contributed by atoms with E-state index in [1.165, 1.54) is 0 Å². The molecule has 128 valence electrons. The zero-order valence-corrected chi connectivity index (χ0v) is 14.6. The van der Waals surface area contributed by atoms with Crippen LogP contribution in [0, 0.1) is 0 Å². The average molecular weight is 349 g/mol. The molecule has 1 saturated heterocycles. The summed E-state index contributed by atoms with van der Waals surface area (Å²) in [5.74, 6) is -0.0237. The number of amides is 1. The van der Waals surface area contributed by atoms with Crippen molar-refractivity contribution in [2.45, 2.75) is 38.3 Å². The minimum Gasteiger partial charge on any atom is -0.381 e. The van der Waals surface area contributed by atoms with Crippen molar-refractivity contribution >= 4 is 17.5 Å². The second-order valence-electron chi connectivity index (χ2n) is 6.58. The Hall–Kier alpha value is -1.92. The Labute approximate surface area is 146 Å². The van der Waals surface area contributed by atoms with E-state index in [0.29, 0.717) is 23.7 Å². The molecule has 1 amide bonds. The van der Waals surface area contributed by atoms with Gasteiger partial charge in [0, 0.05) is 24.0 Å². The molecule has 1 atom stereocenters. The largest absolute Gasteiger partial charge is 0.381 e. The van der Waals surface area contributed by atoms with Gasteiger partial charge in [-0.1, -0.05) is 28.9 Å². The molecule has 0 saturated carbocycles. The fraction of sp³-hybridized carbons (Fsp3) is 0.471. The molecule has 0 aliphatic carbocycles. The summed E-state index contributed by atoms with van der Waals surface area (Å²) in [6.45, 7) is 4.74. The van der Waals surface area contributed by atoms with Gasteiger partial charge in [-0.15, -0.1) is 5.10 Å². The van der Waals surface area contributed by atoms with Crippen molar-refractivity contribution in [3.8, 4) is 0 Å². The van der Waals surface area contributed by atoms with E-state index in [1.807, 2.05) is 26.0 Å². The van der Waals surface area contributed by atoms with Crippen LogP contribution in [0.5, 0.6) is 0 Å². The topological polar surface area (TPSA) is 71.2 Å². The molecular formula is C17H21ClN4O2. The molecule has 1 aliphatic rings. The van der Waals surface area contributed by atoms with E-state index in [9.17, 15) is 9.90 Å². The van der Waals surface area contributed by atoms with Crippen molar-refractivity contribution in [1.82, 2.24) is 19.9 Å². The van der Waals surface area contributed by atoms with Crippen molar-refractivity contribution < 1.29 is 9.90 Å². The molecule has 2 aromatic rings. The van der Waals surface area contributed by atoms with E-state index in [0.717, 1.165) is 5.56 Å². The molecule has 1 aromatic heterocycles. The van der Waals surface area contributed by atoms with Gasteiger partial charge in [-0.05, 0) is 31.5 Å². The number of aromatic nitrogens is 3. The van der Waals surface area contributed by atoms with Crippen molar-refractivity contribution in [3.05, 3.63) is 46.7 Å². The maximum absolute atomic E-state index is 12.5. The van der Waals surface area contributed by atoms with Gasteiger partial charge in [0.1, 0.15) is 11.3 Å². The van der Waals surface area contributed by atoms with Gasteiger partial charge in [-0.3, -0.25) is 4.79 Å². The van der Waals surface area contributed by atoms with Crippen molar-refractivity contribution in [3.63, 3.8) is 0 Å². The second kappa shape index (κ2) is 6.53. The van der Waals surface area contributed by atoms with E-state index in [1.54, 1.807) is 27.9 Å². The van der Waals surface area contributed by atoms with Crippen molar-refractivity contribution in [2.75, 3.05) is 13.1 Å². The van der Waals surface area contributed by atoms with Crippen molar-refractivity contribution in [2.24, 2.45) is 0 Å². The van der Waals surface area contributed by atoms with Crippen LogP contribution >= 0.6 is 11.6 Å². The Balaban J connectivity index is 1.68. The molecule has 0 radical (unpaired) electrons. The molecule has 0 spiro atoms. The Morgan fingerprint density at radius 1 is 1.46 bits per heavy atom. The Bertz CT molecular complexity index is 746. The highest BCUT2D eigenvalue weighted by atomic mass is 35.5. The van der Waals surface area contributed by atoms with Crippen LogP contribution in [0.3, 0.4) is 0 Å². The summed E-state index contributed by atoms with van der Waals surface area (Å²) in [5, 5.41) is 19.6. The van der Waals surface area contributed by atoms with Crippen LogP contribution in [-0.4, -0.2) is 44.0 Å². The lowest BCUT2D eigenvalue weighted by Crippen LogP contribution is -2.35. The summed E-state index contributed by atoms with van der Waals surface area (Å²) in [6, 6.07) is 7.45. The molecule has 6 nitrogen and oxygen atoms in total. The van der Waals surface area contributed by atoms with E-state index >= 15 is 0 Å². The van der Waals surface area contributed by atoms with Crippen LogP contribution in [0.25, 0.3) is 0 Å². The van der Waals surface area contributed by atoms with Gasteiger partial charge < -0.3 is 10.0 Å². The summed E-state index contributed by atoms with van der Waals surface area (Å²) in [7, 11) is 0. The third-order valence-corrected chi connectivity index (χ3v) is 4.60. The van der Waals surface area contributed by atoms with Gasteiger partial charge in [0.05, 0.1) is 19.2 Å². The third-order valence-electron chi connectivity index (χ3n) is 4.36. The summed E-state index contributed by atoms with van der Waals surface area (Å²) in [5.41, 5.74) is 0.264. The number of hydrogen-bond acceptors (Lipinski definition) is 4. The lowest BCUT2D eigenvalue weighted by molar-refractivity contribution is -0.130. The molecule has 2 heterocycles. The Morgan fingerprint density at radius 2 is 2.25 bits per heavy atom. The number of halogens is 1. The summed E-state index contributed by atoms with van der Waals surface area (Å²) < 4.78 is 1.71. The van der Waals surface area contributed by atoms with Crippen LogP contribution in [0.15, 0.2) is 30.5 Å². The number of rotatable bonds is 4. The number of nitrogens with zero attached hydrogens (tertiary/aromatic N) is 4. The van der Waals surface area contributed by atoms with Crippen LogP contribution in [0.2, 0.25) is 5.02 Å². The molecule has 1 aromatic carbocycles. The van der Waals surface area contributed by atoms with Crippen molar-refractivity contribution in [1.29, 1.82) is 0 Å². The van der Waals surface area contributed by atoms with Gasteiger partial charge in [0.25, 0.3) is 0 Å². The lowest BCUT2D eigenvalue weighted by atomic mass is 10.00. The minimum absolute atomic E-state index is 0.0237. The second-order valence-corrected chi connectivity index (χ2v) is 7.02. The normalized spacial score (nSPS) is 20.8. The monoisotopic (exact) mass is 348 g/mol. The van der Waals surface area contributed by atoms with Crippen LogP contribution in [0.1, 0.15) is 37.6 Å². The van der Waals surface area contributed by atoms with E-state index in [-0.39, 0.29) is 24.9 Å². The summed E-state index contributed by atoms with van der Waals surface area (Å²) in [4.78, 5) is 14.2. The number of carbonyl (C=O) groups excluding carboxylic acids is 1. The number of carbonyl (C=O) groups is 1. The molecule has 3 rings (SSSR count). The van der Waals surface area contributed by atoms with E-state index < -0.39 is 5.60 Å². The fourth-order valence-electron chi connectivity index (χ4n) is 2.89. The predicted molar refractivity (Wildman–Crippen MR) is 90.7 cm³/mol. The standard InChI is InChI=1S/C17H21ClN4O2/c1-12(2)22-10-15(19-20-22)17(24)6-7-21(11-17)16(23)9-13-4-3-5-14(18)8-13/h3-5,8,10,12,24H,6-7,9,11H2,1-2H3. The molecular weight excluding hydrogens is 328 g/mol. The van der Waals surface area contributed by atoms with Crippen LogP contribution in [-0.2, 0) is 16.8 Å². The maximum Gasteiger partial charge on any atom is 0.227 e. The first-order valence-electron chi connectivity index (χ1n) is 8.04. The highest BCUT2D eigenvalue weighted by molar-refractivity contribution is 6.30. The van der Waals surface area contributed by atoms with Gasteiger partial charge >= 0.3 is 0 Å². The summed E-state index contributed by atoms with van der Waals surface area (Å²) in [6.07, 6.45) is 2.50. The average Bonchev–Trinajstić information content (AvgIpc) is 3.15. The highest BCUT2D eigenvalue weighted by Crippen LogP contribution is 2.31. The zero-order chi connectivity index (χ0) is 17.3. The molecule has 24 heavy (non-hydrogen) atoms. The first-order chi connectivity index (χ1) is 11.4. The maximum atomic E-state index is 12.5. The Morgan fingerprint density at radius 3 is 2.92 bits per heavy atom. The van der Waals surface area contributed by atoms with Gasteiger partial charge in [0.15, 0.2) is 0 Å². The number of benzene rings is 1. The smallest absolute Gasteiger partial charge is 0.227 e. The molecule has 1 unspecified atom stereocenters. The van der Waals surface area contributed by atoms with Crippen LogP contribution in [0.4, 0.5) is 0 Å². The highest BCUT2D eigenvalue weighted by Gasteiger charge is 2.41. The fourth-order valence-corrected chi connectivity index (χ4v) is 3.10. The number of β-amino-alcohol motifs (C(OH)–C–C–N with tert-alkyl or cyclic N) is 1. The molecule has 1 fully saturated rings. The van der Waals surface area contributed by atoms with Crippen LogP contribution < -0.4 is 0 Å². The predicted octanol–water partition coefficient (Wildman–Crippen LogP) is 2.17. The number of hydrogen-bond donors (Lipinski definition) is 1. The molecule has 1 N–H and O–H groups in total. The zero-order valence-electron chi connectivity index (χ0n) is 13.8. The Kier molecular flexibility index (Phi) is 4.60. The molecule has 7 heteroatoms. The minimum atomic E-state index is -1.13. The van der Waals surface area contributed by atoms with E-state index in [2.05, 4.69) is 10.3 Å². The van der Waals surface area contributed by atoms with E-state index in [4.69, 9.17) is 11.6 Å². The first kappa shape index (κ1) is 16.9. The molecule has 0 bridgehead atoms. The third kappa shape index (κ3) is 3.44. The quantitative estimate of drug-likeness (QED) is 0.919. The van der Waals surface area contributed by atoms with Gasteiger partial charge in [-0.25, -0.2) is 4.68 Å². The lowest BCUT2D eigenvalue weighted by Gasteiger charge is -2.21. The first-order valence-corrected chi connectivity index (χ1v) is 8.42. The SMILES string of the molecule is CC(C)n1cc(C2(O)CCN(C(=O)Cc3cccc(Cl)c3)C2)nn1. The number of likely N-dealkylation sites (tertiary alicyclic amines) is 1.